The summed E-state index contributed by atoms with van der Waals surface area (Å²) in [6, 6.07) is 11.8. The van der Waals surface area contributed by atoms with Crippen LogP contribution in [-0.2, 0) is 34.4 Å². The smallest absolute Gasteiger partial charge is 0.335 e. The van der Waals surface area contributed by atoms with E-state index in [0.717, 1.165) is 42.8 Å². The summed E-state index contributed by atoms with van der Waals surface area (Å²) in [5, 5.41) is 0.864. The van der Waals surface area contributed by atoms with Crippen LogP contribution in [0.25, 0.3) is 17.2 Å². The van der Waals surface area contributed by atoms with E-state index in [1.165, 1.54) is 19.3 Å². The first-order valence-electron chi connectivity index (χ1n) is 14.9. The molecule has 0 bridgehead atoms. The summed E-state index contributed by atoms with van der Waals surface area (Å²) in [6.07, 6.45) is 7.38. The molecule has 1 aromatic carbocycles. The molecule has 0 aliphatic carbocycles. The highest BCUT2D eigenvalue weighted by Gasteiger charge is 2.23. The zero-order valence-corrected chi connectivity index (χ0v) is 29.6. The van der Waals surface area contributed by atoms with Gasteiger partial charge in [-0.15, -0.1) is 0 Å². The predicted molar refractivity (Wildman–Crippen MR) is 180 cm³/mol. The highest BCUT2D eigenvalue weighted by molar-refractivity contribution is 7.94. The molecule has 0 fully saturated rings. The first-order chi connectivity index (χ1) is 24.0. The second-order valence-corrected chi connectivity index (χ2v) is 12.9. The van der Waals surface area contributed by atoms with Gasteiger partial charge in [-0.2, -0.15) is 8.42 Å². The van der Waals surface area contributed by atoms with Crippen LogP contribution in [0.1, 0.15) is 44.6 Å². The number of nitrogens with zero attached hydrogens (tertiary/aromatic N) is 5. The Balaban J connectivity index is 0.000000345. The number of aryl methyl sites for hydroxylation is 1. The number of sulfone groups is 1. The number of hydrogen-bond acceptors (Lipinski definition) is 13. The van der Waals surface area contributed by atoms with E-state index in [4.69, 9.17) is 28.4 Å². The van der Waals surface area contributed by atoms with E-state index < -0.39 is 46.5 Å². The fourth-order valence-electron chi connectivity index (χ4n) is 3.58. The second-order valence-electron chi connectivity index (χ2n) is 10.6. The van der Waals surface area contributed by atoms with Crippen LogP contribution in [0.15, 0.2) is 72.8 Å². The summed E-state index contributed by atoms with van der Waals surface area (Å²) in [7, 11) is -3.40. The Morgan fingerprint density at radius 2 is 1.29 bits per heavy atom. The third-order valence-electron chi connectivity index (χ3n) is 5.99. The molecule has 0 aliphatic heterocycles. The van der Waals surface area contributed by atoms with E-state index >= 15 is 0 Å². The van der Waals surface area contributed by atoms with Crippen molar-refractivity contribution in [1.82, 2.24) is 24.9 Å². The van der Waals surface area contributed by atoms with Crippen molar-refractivity contribution < 1.29 is 48.6 Å². The first-order valence-corrected chi connectivity index (χ1v) is 17.3. The number of halogens is 4. The maximum atomic E-state index is 12.9. The molecule has 0 unspecified atom stereocenters. The Bertz CT molecular complexity index is 1840. The molecule has 3 heterocycles. The highest BCUT2D eigenvalue weighted by atomic mass is 32.2. The molecule has 0 amide bonds. The minimum atomic E-state index is -3.40. The van der Waals surface area contributed by atoms with Crippen LogP contribution in [0.4, 0.5) is 17.6 Å². The Morgan fingerprint density at radius 1 is 0.804 bits per heavy atom. The van der Waals surface area contributed by atoms with Gasteiger partial charge in [-0.3, -0.25) is 0 Å². The van der Waals surface area contributed by atoms with Crippen LogP contribution in [0, 0.1) is 0 Å². The first kappa shape index (κ1) is 42.1. The Kier molecular flexibility index (Phi) is 16.5. The van der Waals surface area contributed by atoms with E-state index in [9.17, 15) is 26.0 Å². The number of pyridine rings is 1. The molecule has 0 saturated carbocycles. The molecule has 2 N–H and O–H groups in total. The van der Waals surface area contributed by atoms with Crippen LogP contribution >= 0.6 is 0 Å². The molecular formula is C32H36F4N6O7S2. The lowest BCUT2D eigenvalue weighted by atomic mass is 10.1. The average Bonchev–Trinajstić information content (AvgIpc) is 3.09. The van der Waals surface area contributed by atoms with Crippen LogP contribution in [0.5, 0.6) is 17.2 Å². The Labute approximate surface area is 295 Å². The maximum absolute atomic E-state index is 12.9. The van der Waals surface area contributed by atoms with Crippen molar-refractivity contribution in [3.05, 3.63) is 89.7 Å². The second kappa shape index (κ2) is 20.0. The summed E-state index contributed by atoms with van der Waals surface area (Å²) in [5.74, 6) is -4.69. The topological polar surface area (TPSA) is 186 Å². The average molecular weight is 757 g/mol. The van der Waals surface area contributed by atoms with E-state index in [1.54, 1.807) is 6.20 Å². The molecule has 19 heteroatoms. The van der Waals surface area contributed by atoms with E-state index in [0.29, 0.717) is 30.3 Å². The number of aromatic nitrogens is 5. The van der Waals surface area contributed by atoms with Crippen LogP contribution in [0.2, 0.25) is 0 Å². The number of hydrogen-bond donors (Lipinski definition) is 1. The molecule has 13 nitrogen and oxygen atoms in total. The minimum Gasteiger partial charge on any atom is -0.487 e. The number of alkyl halides is 4. The summed E-state index contributed by atoms with van der Waals surface area (Å²) in [6.45, 7) is 3.92. The van der Waals surface area contributed by atoms with Crippen molar-refractivity contribution in [2.75, 3.05) is 19.0 Å². The fraction of sp³-hybridized carbons (Fsp3) is 0.344. The van der Waals surface area contributed by atoms with Crippen LogP contribution in [-0.4, -0.2) is 72.6 Å². The van der Waals surface area contributed by atoms with Gasteiger partial charge in [0.25, 0.3) is 11.8 Å². The van der Waals surface area contributed by atoms with Gasteiger partial charge >= 0.3 is 11.6 Å². The van der Waals surface area contributed by atoms with Crippen molar-refractivity contribution in [2.24, 2.45) is 5.73 Å². The van der Waals surface area contributed by atoms with Crippen molar-refractivity contribution in [3.63, 3.8) is 0 Å². The quantitative estimate of drug-likeness (QED) is 0.165. The largest absolute Gasteiger partial charge is 0.487 e. The summed E-state index contributed by atoms with van der Waals surface area (Å²) >= 11 is -0.750. The fourth-order valence-corrected chi connectivity index (χ4v) is 4.24. The molecular weight excluding hydrogens is 721 g/mol. The number of rotatable bonds is 14. The molecule has 0 aliphatic rings. The molecule has 0 spiro atoms. The van der Waals surface area contributed by atoms with Gasteiger partial charge in [0, 0.05) is 13.8 Å². The number of nitrogens with two attached hydrogens (primary N) is 1. The van der Waals surface area contributed by atoms with E-state index in [1.807, 2.05) is 43.3 Å². The standard InChI is InChI=1S/C21H21F2N3O2.C11H15F2N3O3S.O2S/c1-3-16-9-17(27-13-15-7-5-4-6-8-15)10-24-19(16)20-25-11-18(12-26-20)28-14-21(2,22)23;1-3-20(17,18)6-9(14)10-15-4-8(5-16-10)19-7-11(2,12)13;1-3-2/h4-12H,3,13-14H2,1-2H3;4-6H,3,7,14H2,1-2H3;. The van der Waals surface area contributed by atoms with Gasteiger partial charge in [0.05, 0.1) is 47.8 Å². The van der Waals surface area contributed by atoms with E-state index in [2.05, 4.69) is 24.9 Å². The normalized spacial score (nSPS) is 11.6. The van der Waals surface area contributed by atoms with Gasteiger partial charge < -0.3 is 19.9 Å². The third-order valence-corrected chi connectivity index (χ3v) is 7.41. The van der Waals surface area contributed by atoms with Gasteiger partial charge in [-0.1, -0.05) is 44.2 Å². The zero-order valence-electron chi connectivity index (χ0n) is 28.0. The monoisotopic (exact) mass is 756 g/mol. The SMILES string of the molecule is CCS(=O)(=O)C=C(N)c1ncc(OCC(C)(F)F)cn1.CCc1cc(OCc2ccccc2)cnc1-c1ncc(OCC(C)(F)F)cn1.O=S=O. The molecule has 4 aromatic rings. The van der Waals surface area contributed by atoms with Crippen molar-refractivity contribution in [3.8, 4) is 28.8 Å². The van der Waals surface area contributed by atoms with Crippen molar-refractivity contribution in [2.45, 2.75) is 52.6 Å². The van der Waals surface area contributed by atoms with E-state index in [-0.39, 0.29) is 28.8 Å². The van der Waals surface area contributed by atoms with Gasteiger partial charge in [0.1, 0.15) is 18.1 Å². The van der Waals surface area contributed by atoms with Crippen LogP contribution < -0.4 is 19.9 Å². The summed E-state index contributed by atoms with van der Waals surface area (Å²) in [4.78, 5) is 20.3. The molecule has 0 atom stereocenters. The third kappa shape index (κ3) is 16.5. The number of benzene rings is 1. The molecule has 51 heavy (non-hydrogen) atoms. The minimum absolute atomic E-state index is 0.0161. The zero-order chi connectivity index (χ0) is 38.1. The summed E-state index contributed by atoms with van der Waals surface area (Å²) in [5.41, 5.74) is 8.05. The van der Waals surface area contributed by atoms with Gasteiger partial charge in [-0.05, 0) is 23.6 Å². The van der Waals surface area contributed by atoms with Crippen molar-refractivity contribution >= 4 is 27.1 Å². The molecule has 0 radical (unpaired) electrons. The molecule has 276 valence electrons. The number of ether oxygens (including phenoxy) is 3. The maximum Gasteiger partial charge on any atom is 0.335 e. The predicted octanol–water partition coefficient (Wildman–Crippen LogP) is 5.25. The Hall–Kier alpha value is -5.04. The molecule has 0 saturated heterocycles. The van der Waals surface area contributed by atoms with Gasteiger partial charge in [0.15, 0.2) is 46.2 Å². The lowest BCUT2D eigenvalue weighted by Gasteiger charge is -2.12. The van der Waals surface area contributed by atoms with Gasteiger partial charge in [-0.25, -0.2) is 50.9 Å². The highest BCUT2D eigenvalue weighted by Crippen LogP contribution is 2.25. The lowest BCUT2D eigenvalue weighted by Crippen LogP contribution is -2.21. The van der Waals surface area contributed by atoms with Crippen LogP contribution in [0.3, 0.4) is 0 Å². The lowest BCUT2D eigenvalue weighted by molar-refractivity contribution is -0.0235. The van der Waals surface area contributed by atoms with Crippen molar-refractivity contribution in [1.29, 1.82) is 0 Å². The molecule has 3 aromatic heterocycles. The molecule has 4 rings (SSSR count). The summed E-state index contributed by atoms with van der Waals surface area (Å²) < 4.78 is 106. The Morgan fingerprint density at radius 3 is 1.76 bits per heavy atom. The van der Waals surface area contributed by atoms with Gasteiger partial charge in [0.2, 0.25) is 0 Å².